The van der Waals surface area contributed by atoms with Crippen LogP contribution in [0.5, 0.6) is 0 Å². The zero-order valence-corrected chi connectivity index (χ0v) is 19.6. The van der Waals surface area contributed by atoms with Gasteiger partial charge in [-0.25, -0.2) is 0 Å². The average molecular weight is 450 g/mol. The van der Waals surface area contributed by atoms with Crippen molar-refractivity contribution in [2.45, 2.75) is 39.3 Å². The summed E-state index contributed by atoms with van der Waals surface area (Å²) in [6.45, 7) is 6.17. The van der Waals surface area contributed by atoms with Crippen molar-refractivity contribution in [3.63, 3.8) is 0 Å². The van der Waals surface area contributed by atoms with Crippen molar-refractivity contribution in [2.75, 3.05) is 4.90 Å². The fourth-order valence-electron chi connectivity index (χ4n) is 5.02. The number of aryl methyl sites for hydroxylation is 3. The van der Waals surface area contributed by atoms with Crippen LogP contribution in [0.3, 0.4) is 0 Å². The zero-order chi connectivity index (χ0) is 24.0. The SMILES string of the molecule is Cc1cc(C)c(C(=O)C[C@]2(O)C(=O)N(Cc3cccc4ccccc34)c3ccccc32)cc1C. The summed E-state index contributed by atoms with van der Waals surface area (Å²) in [6, 6.07) is 25.1. The molecule has 34 heavy (non-hydrogen) atoms. The molecule has 0 unspecified atom stereocenters. The number of rotatable bonds is 5. The molecule has 0 aromatic heterocycles. The van der Waals surface area contributed by atoms with E-state index in [-0.39, 0.29) is 12.2 Å². The number of carbonyl (C=O) groups is 2. The quantitative estimate of drug-likeness (QED) is 0.393. The number of aliphatic hydroxyl groups is 1. The molecule has 4 nitrogen and oxygen atoms in total. The first kappa shape index (κ1) is 22.1. The molecule has 1 N–H and O–H groups in total. The molecular weight excluding hydrogens is 422 g/mol. The molecule has 4 aromatic carbocycles. The normalized spacial score (nSPS) is 17.3. The van der Waals surface area contributed by atoms with Gasteiger partial charge in [-0.15, -0.1) is 0 Å². The number of hydrogen-bond donors (Lipinski definition) is 1. The standard InChI is InChI=1S/C30H27NO3/c1-19-15-21(3)25(16-20(19)2)28(32)17-30(34)26-13-6-7-14-27(26)31(29(30)33)18-23-11-8-10-22-9-4-5-12-24(22)23/h4-16,34H,17-18H2,1-3H3/t30-/m1/s1. The Kier molecular flexibility index (Phi) is 5.34. The lowest BCUT2D eigenvalue weighted by Crippen LogP contribution is -2.41. The zero-order valence-electron chi connectivity index (χ0n) is 19.6. The molecule has 0 fully saturated rings. The van der Waals surface area contributed by atoms with E-state index in [1.54, 1.807) is 17.0 Å². The van der Waals surface area contributed by atoms with Crippen LogP contribution < -0.4 is 4.90 Å². The second kappa shape index (κ2) is 8.23. The number of nitrogens with zero attached hydrogens (tertiary/aromatic N) is 1. The highest BCUT2D eigenvalue weighted by Crippen LogP contribution is 2.44. The molecule has 170 valence electrons. The number of fused-ring (bicyclic) bond motifs is 2. The van der Waals surface area contributed by atoms with Gasteiger partial charge in [-0.2, -0.15) is 0 Å². The summed E-state index contributed by atoms with van der Waals surface area (Å²) in [6.07, 6.45) is -0.293. The molecule has 1 aliphatic rings. The molecule has 0 bridgehead atoms. The maximum atomic E-state index is 13.7. The monoisotopic (exact) mass is 449 g/mol. The van der Waals surface area contributed by atoms with Crippen LogP contribution in [0.25, 0.3) is 10.8 Å². The Balaban J connectivity index is 1.53. The van der Waals surface area contributed by atoms with Gasteiger partial charge in [-0.3, -0.25) is 9.59 Å². The van der Waals surface area contributed by atoms with Crippen LogP contribution in [0.2, 0.25) is 0 Å². The fourth-order valence-corrected chi connectivity index (χ4v) is 5.02. The number of ketones is 1. The Labute approximate surface area is 199 Å². The highest BCUT2D eigenvalue weighted by Gasteiger charge is 2.50. The van der Waals surface area contributed by atoms with E-state index in [2.05, 4.69) is 0 Å². The van der Waals surface area contributed by atoms with E-state index >= 15 is 0 Å². The van der Waals surface area contributed by atoms with Gasteiger partial charge < -0.3 is 10.0 Å². The summed E-state index contributed by atoms with van der Waals surface area (Å²) in [5.74, 6) is -0.699. The van der Waals surface area contributed by atoms with Gasteiger partial charge in [-0.1, -0.05) is 66.7 Å². The van der Waals surface area contributed by atoms with Crippen LogP contribution in [0.1, 0.15) is 44.6 Å². The fraction of sp³-hybridized carbons (Fsp3) is 0.200. The van der Waals surface area contributed by atoms with E-state index in [9.17, 15) is 14.7 Å². The van der Waals surface area contributed by atoms with Crippen molar-refractivity contribution < 1.29 is 14.7 Å². The first-order valence-electron chi connectivity index (χ1n) is 11.5. The topological polar surface area (TPSA) is 57.6 Å². The number of anilines is 1. The summed E-state index contributed by atoms with van der Waals surface area (Å²) in [7, 11) is 0. The van der Waals surface area contributed by atoms with Crippen LogP contribution in [-0.4, -0.2) is 16.8 Å². The van der Waals surface area contributed by atoms with Crippen LogP contribution in [0.4, 0.5) is 5.69 Å². The number of amides is 1. The van der Waals surface area contributed by atoms with E-state index in [1.807, 2.05) is 87.5 Å². The molecule has 0 radical (unpaired) electrons. The predicted octanol–water partition coefficient (Wildman–Crippen LogP) is 5.77. The number of Topliss-reactive ketones (excluding diaryl/α,β-unsaturated/α-hetero) is 1. The van der Waals surface area contributed by atoms with Crippen LogP contribution in [0, 0.1) is 20.8 Å². The van der Waals surface area contributed by atoms with E-state index in [4.69, 9.17) is 0 Å². The molecular formula is C30H27NO3. The number of carbonyl (C=O) groups excluding carboxylic acids is 2. The van der Waals surface area contributed by atoms with Gasteiger partial charge in [0.25, 0.3) is 5.91 Å². The highest BCUT2D eigenvalue weighted by atomic mass is 16.3. The van der Waals surface area contributed by atoms with Crippen LogP contribution >= 0.6 is 0 Å². The van der Waals surface area contributed by atoms with Crippen molar-refractivity contribution in [3.8, 4) is 0 Å². The average Bonchev–Trinajstić information content (AvgIpc) is 3.03. The van der Waals surface area contributed by atoms with Gasteiger partial charge in [0.15, 0.2) is 11.4 Å². The minimum absolute atomic E-state index is 0.238. The van der Waals surface area contributed by atoms with E-state index < -0.39 is 11.5 Å². The van der Waals surface area contributed by atoms with Crippen LogP contribution in [0.15, 0.2) is 78.9 Å². The maximum absolute atomic E-state index is 13.7. The Bertz CT molecular complexity index is 1450. The maximum Gasteiger partial charge on any atom is 0.264 e. The minimum atomic E-state index is -1.90. The van der Waals surface area contributed by atoms with Crippen molar-refractivity contribution in [2.24, 2.45) is 0 Å². The molecule has 5 rings (SSSR count). The van der Waals surface area contributed by atoms with Crippen LogP contribution in [-0.2, 0) is 16.9 Å². The lowest BCUT2D eigenvalue weighted by Gasteiger charge is -2.23. The number of para-hydroxylation sites is 1. The Morgan fingerprint density at radius 2 is 1.53 bits per heavy atom. The molecule has 0 aliphatic carbocycles. The Hall–Kier alpha value is -3.76. The van der Waals surface area contributed by atoms with Crippen molar-refractivity contribution in [1.82, 2.24) is 0 Å². The summed E-state index contributed by atoms with van der Waals surface area (Å²) >= 11 is 0. The molecule has 4 aromatic rings. The summed E-state index contributed by atoms with van der Waals surface area (Å²) < 4.78 is 0. The van der Waals surface area contributed by atoms with Gasteiger partial charge in [0, 0.05) is 11.1 Å². The second-order valence-electron chi connectivity index (χ2n) is 9.26. The van der Waals surface area contributed by atoms with E-state index in [0.717, 1.165) is 33.0 Å². The summed E-state index contributed by atoms with van der Waals surface area (Å²) in [5, 5.41) is 13.9. The molecule has 1 amide bonds. The Morgan fingerprint density at radius 1 is 0.853 bits per heavy atom. The number of benzene rings is 4. The third-order valence-corrected chi connectivity index (χ3v) is 7.01. The van der Waals surface area contributed by atoms with Crippen molar-refractivity contribution in [3.05, 3.63) is 112 Å². The molecule has 0 saturated heterocycles. The lowest BCUT2D eigenvalue weighted by atomic mass is 9.86. The third kappa shape index (κ3) is 3.51. The van der Waals surface area contributed by atoms with Gasteiger partial charge in [0.05, 0.1) is 18.7 Å². The predicted molar refractivity (Wildman–Crippen MR) is 135 cm³/mol. The summed E-state index contributed by atoms with van der Waals surface area (Å²) in [4.78, 5) is 28.7. The second-order valence-corrected chi connectivity index (χ2v) is 9.26. The molecule has 1 aliphatic heterocycles. The van der Waals surface area contributed by atoms with E-state index in [0.29, 0.717) is 23.4 Å². The molecule has 4 heteroatoms. The third-order valence-electron chi connectivity index (χ3n) is 7.01. The smallest absolute Gasteiger partial charge is 0.264 e. The molecule has 0 saturated carbocycles. The number of hydrogen-bond acceptors (Lipinski definition) is 3. The highest BCUT2D eigenvalue weighted by molar-refractivity contribution is 6.11. The summed E-state index contributed by atoms with van der Waals surface area (Å²) in [5.41, 5.74) is 3.73. The molecule has 0 spiro atoms. The van der Waals surface area contributed by atoms with Gasteiger partial charge in [0.1, 0.15) is 0 Å². The van der Waals surface area contributed by atoms with Crippen molar-refractivity contribution >= 4 is 28.2 Å². The lowest BCUT2D eigenvalue weighted by molar-refractivity contribution is -0.136. The van der Waals surface area contributed by atoms with Gasteiger partial charge in [-0.05, 0) is 65.9 Å². The first-order valence-corrected chi connectivity index (χ1v) is 11.5. The molecule has 1 atom stereocenters. The Morgan fingerprint density at radius 3 is 2.35 bits per heavy atom. The largest absolute Gasteiger partial charge is 0.375 e. The first-order chi connectivity index (χ1) is 16.3. The molecule has 1 heterocycles. The van der Waals surface area contributed by atoms with Crippen molar-refractivity contribution in [1.29, 1.82) is 0 Å². The van der Waals surface area contributed by atoms with E-state index in [1.165, 1.54) is 0 Å². The van der Waals surface area contributed by atoms with Gasteiger partial charge in [0.2, 0.25) is 0 Å². The van der Waals surface area contributed by atoms with Gasteiger partial charge >= 0.3 is 0 Å². The minimum Gasteiger partial charge on any atom is -0.375 e.